The van der Waals surface area contributed by atoms with E-state index in [0.717, 1.165) is 13.1 Å². The quantitative estimate of drug-likeness (QED) is 0.813. The molecule has 0 saturated carbocycles. The van der Waals surface area contributed by atoms with Crippen molar-refractivity contribution in [3.8, 4) is 6.07 Å². The van der Waals surface area contributed by atoms with Crippen LogP contribution in [0.1, 0.15) is 52.9 Å². The summed E-state index contributed by atoms with van der Waals surface area (Å²) < 4.78 is 0. The third kappa shape index (κ3) is 4.92. The van der Waals surface area contributed by atoms with Crippen LogP contribution in [0, 0.1) is 17.2 Å². The van der Waals surface area contributed by atoms with Crippen LogP contribution in [0.2, 0.25) is 0 Å². The molecular weight excluding hydrogens is 288 g/mol. The lowest BCUT2D eigenvalue weighted by Crippen LogP contribution is -2.53. The number of nitrogens with one attached hydrogen (secondary N) is 1. The minimum absolute atomic E-state index is 0.0201. The Morgan fingerprint density at radius 3 is 2.57 bits per heavy atom. The van der Waals surface area contributed by atoms with Crippen LogP contribution in [-0.2, 0) is 4.79 Å². The van der Waals surface area contributed by atoms with Gasteiger partial charge in [0.2, 0.25) is 5.91 Å². The van der Waals surface area contributed by atoms with Gasteiger partial charge in [-0.25, -0.2) is 0 Å². The van der Waals surface area contributed by atoms with Gasteiger partial charge in [-0.2, -0.15) is 5.26 Å². The third-order valence-corrected chi connectivity index (χ3v) is 5.55. The largest absolute Gasteiger partial charge is 0.337 e. The Morgan fingerprint density at radius 2 is 1.96 bits per heavy atom. The number of piperidine rings is 1. The molecule has 2 aliphatic rings. The maximum Gasteiger partial charge on any atom is 0.235 e. The van der Waals surface area contributed by atoms with E-state index >= 15 is 0 Å². The number of carbonyl (C=O) groups excluding carboxylic acids is 1. The monoisotopic (exact) mass is 320 g/mol. The number of nitriles is 1. The predicted molar refractivity (Wildman–Crippen MR) is 91.9 cm³/mol. The molecule has 2 heterocycles. The van der Waals surface area contributed by atoms with Gasteiger partial charge in [-0.1, -0.05) is 20.3 Å². The Labute approximate surface area is 141 Å². The first-order valence-electron chi connectivity index (χ1n) is 9.13. The average molecular weight is 320 g/mol. The maximum atomic E-state index is 12.4. The molecule has 0 spiro atoms. The molecule has 2 saturated heterocycles. The summed E-state index contributed by atoms with van der Waals surface area (Å²) in [6.07, 6.45) is 6.33. The molecule has 0 aromatic rings. The third-order valence-electron chi connectivity index (χ3n) is 5.55. The molecule has 1 amide bonds. The summed E-state index contributed by atoms with van der Waals surface area (Å²) in [5, 5.41) is 12.3. The number of nitrogens with zero attached hydrogens (tertiary/aromatic N) is 3. The van der Waals surface area contributed by atoms with Crippen LogP contribution in [-0.4, -0.2) is 60.0 Å². The van der Waals surface area contributed by atoms with Crippen molar-refractivity contribution in [3.63, 3.8) is 0 Å². The summed E-state index contributed by atoms with van der Waals surface area (Å²) in [6, 6.07) is 2.74. The predicted octanol–water partition coefficient (Wildman–Crippen LogP) is 1.99. The summed E-state index contributed by atoms with van der Waals surface area (Å²) in [5.74, 6) is 0.0764. The van der Waals surface area contributed by atoms with E-state index in [1.165, 1.54) is 45.2 Å². The van der Waals surface area contributed by atoms with Gasteiger partial charge in [-0.3, -0.25) is 9.69 Å². The lowest BCUT2D eigenvalue weighted by Gasteiger charge is -2.33. The van der Waals surface area contributed by atoms with Crippen molar-refractivity contribution in [3.05, 3.63) is 0 Å². The highest BCUT2D eigenvalue weighted by molar-refractivity contribution is 5.79. The smallest absolute Gasteiger partial charge is 0.235 e. The van der Waals surface area contributed by atoms with Crippen molar-refractivity contribution in [2.45, 2.75) is 64.5 Å². The van der Waals surface area contributed by atoms with E-state index in [-0.39, 0.29) is 11.8 Å². The molecule has 2 atom stereocenters. The number of carbonyl (C=O) groups is 1. The molecule has 130 valence electrons. The van der Waals surface area contributed by atoms with E-state index < -0.39 is 5.54 Å². The minimum atomic E-state index is -0.779. The fraction of sp³-hybridized carbons (Fsp3) is 0.889. The standard InChI is InChI=1S/C18H32N4O/c1-15(2)18(3,14-19)20-17(23)13-22-11-7-8-16(22)12-21-9-5-4-6-10-21/h15-16H,4-13H2,1-3H3,(H,20,23). The van der Waals surface area contributed by atoms with Gasteiger partial charge in [0.15, 0.2) is 0 Å². The van der Waals surface area contributed by atoms with Crippen LogP contribution in [0.15, 0.2) is 0 Å². The first-order valence-corrected chi connectivity index (χ1v) is 9.13. The van der Waals surface area contributed by atoms with Gasteiger partial charge in [0.05, 0.1) is 12.6 Å². The molecule has 2 rings (SSSR count). The molecule has 5 heteroatoms. The fourth-order valence-electron chi connectivity index (χ4n) is 3.57. The Kier molecular flexibility index (Phi) is 6.43. The van der Waals surface area contributed by atoms with Crippen LogP contribution in [0.4, 0.5) is 0 Å². The lowest BCUT2D eigenvalue weighted by molar-refractivity contribution is -0.124. The average Bonchev–Trinajstić information content (AvgIpc) is 2.94. The van der Waals surface area contributed by atoms with E-state index in [9.17, 15) is 10.1 Å². The minimum Gasteiger partial charge on any atom is -0.337 e. The zero-order valence-corrected chi connectivity index (χ0v) is 15.0. The number of hydrogen-bond donors (Lipinski definition) is 1. The molecule has 2 unspecified atom stereocenters. The highest BCUT2D eigenvalue weighted by Crippen LogP contribution is 2.20. The number of likely N-dealkylation sites (tertiary alicyclic amines) is 2. The second-order valence-corrected chi connectivity index (χ2v) is 7.64. The van der Waals surface area contributed by atoms with Crippen LogP contribution < -0.4 is 5.32 Å². The summed E-state index contributed by atoms with van der Waals surface area (Å²) in [5.41, 5.74) is -0.779. The van der Waals surface area contributed by atoms with Crippen LogP contribution in [0.5, 0.6) is 0 Å². The molecule has 0 bridgehead atoms. The number of rotatable bonds is 6. The SMILES string of the molecule is CC(C)C(C)(C#N)NC(=O)CN1CCCC1CN1CCCCC1. The molecule has 2 fully saturated rings. The Hall–Kier alpha value is -1.12. The van der Waals surface area contributed by atoms with Gasteiger partial charge in [0.1, 0.15) is 5.54 Å². The van der Waals surface area contributed by atoms with E-state index in [1.54, 1.807) is 0 Å². The molecule has 0 aliphatic carbocycles. The van der Waals surface area contributed by atoms with Crippen LogP contribution in [0.3, 0.4) is 0 Å². The molecular formula is C18H32N4O. The first-order chi connectivity index (χ1) is 10.9. The maximum absolute atomic E-state index is 12.4. The molecule has 2 aliphatic heterocycles. The topological polar surface area (TPSA) is 59.4 Å². The zero-order chi connectivity index (χ0) is 16.9. The van der Waals surface area contributed by atoms with Gasteiger partial charge in [-0.15, -0.1) is 0 Å². The normalized spacial score (nSPS) is 26.0. The van der Waals surface area contributed by atoms with Crippen molar-refractivity contribution in [2.24, 2.45) is 5.92 Å². The van der Waals surface area contributed by atoms with E-state index in [2.05, 4.69) is 21.2 Å². The van der Waals surface area contributed by atoms with Crippen molar-refractivity contribution >= 4 is 5.91 Å². The highest BCUT2D eigenvalue weighted by atomic mass is 16.2. The highest BCUT2D eigenvalue weighted by Gasteiger charge is 2.33. The second-order valence-electron chi connectivity index (χ2n) is 7.64. The fourth-order valence-corrected chi connectivity index (χ4v) is 3.57. The van der Waals surface area contributed by atoms with E-state index in [4.69, 9.17) is 0 Å². The van der Waals surface area contributed by atoms with Gasteiger partial charge < -0.3 is 10.2 Å². The Morgan fingerprint density at radius 1 is 1.26 bits per heavy atom. The first kappa shape index (κ1) is 18.2. The molecule has 5 nitrogen and oxygen atoms in total. The van der Waals surface area contributed by atoms with Crippen LogP contribution in [0.25, 0.3) is 0 Å². The summed E-state index contributed by atoms with van der Waals surface area (Å²) in [6.45, 7) is 10.7. The van der Waals surface area contributed by atoms with E-state index in [1.807, 2.05) is 20.8 Å². The molecule has 0 aromatic heterocycles. The van der Waals surface area contributed by atoms with Crippen molar-refractivity contribution in [1.82, 2.24) is 15.1 Å². The lowest BCUT2D eigenvalue weighted by atomic mass is 9.90. The van der Waals surface area contributed by atoms with Gasteiger partial charge in [0.25, 0.3) is 0 Å². The zero-order valence-electron chi connectivity index (χ0n) is 15.0. The second kappa shape index (κ2) is 8.12. The van der Waals surface area contributed by atoms with Crippen molar-refractivity contribution in [2.75, 3.05) is 32.7 Å². The van der Waals surface area contributed by atoms with Crippen molar-refractivity contribution in [1.29, 1.82) is 5.26 Å². The molecule has 0 aromatic carbocycles. The number of amides is 1. The summed E-state index contributed by atoms with van der Waals surface area (Å²) in [4.78, 5) is 17.3. The molecule has 23 heavy (non-hydrogen) atoms. The van der Waals surface area contributed by atoms with Crippen molar-refractivity contribution < 1.29 is 4.79 Å². The Balaban J connectivity index is 1.85. The molecule has 1 N–H and O–H groups in total. The van der Waals surface area contributed by atoms with Gasteiger partial charge in [0, 0.05) is 12.6 Å². The Bertz CT molecular complexity index is 439. The van der Waals surface area contributed by atoms with E-state index in [0.29, 0.717) is 12.6 Å². The summed E-state index contributed by atoms with van der Waals surface area (Å²) >= 11 is 0. The van der Waals surface area contributed by atoms with Crippen LogP contribution >= 0.6 is 0 Å². The van der Waals surface area contributed by atoms with Gasteiger partial charge >= 0.3 is 0 Å². The summed E-state index contributed by atoms with van der Waals surface area (Å²) in [7, 11) is 0. The van der Waals surface area contributed by atoms with Gasteiger partial charge in [-0.05, 0) is 58.2 Å². The molecule has 0 radical (unpaired) electrons. The number of hydrogen-bond acceptors (Lipinski definition) is 4.